The average Bonchev–Trinajstić information content (AvgIpc) is 3.14. The van der Waals surface area contributed by atoms with Crippen molar-refractivity contribution >= 4 is 17.5 Å². The van der Waals surface area contributed by atoms with Crippen molar-refractivity contribution in [2.75, 3.05) is 13.7 Å². The molecule has 2 aromatic rings. The molecular formula is C16H19ClN4O3. The predicted molar refractivity (Wildman–Crippen MR) is 88.3 cm³/mol. The number of nitrogens with one attached hydrogen (secondary N) is 1. The molecular weight excluding hydrogens is 332 g/mol. The number of halogens is 1. The van der Waals surface area contributed by atoms with Crippen LogP contribution in [-0.2, 0) is 11.8 Å². The summed E-state index contributed by atoms with van der Waals surface area (Å²) in [5.74, 6) is 0.0513. The maximum atomic E-state index is 12.5. The number of aryl methyl sites for hydroxylation is 1. The highest BCUT2D eigenvalue weighted by atomic mass is 35.5. The van der Waals surface area contributed by atoms with Gasteiger partial charge in [0.15, 0.2) is 0 Å². The molecule has 1 aliphatic rings. The van der Waals surface area contributed by atoms with Gasteiger partial charge in [0.2, 0.25) is 5.88 Å². The summed E-state index contributed by atoms with van der Waals surface area (Å²) in [5, 5.41) is 7.55. The number of nitrogens with zero attached hydrogens (tertiary/aromatic N) is 3. The molecule has 0 aliphatic carbocycles. The summed E-state index contributed by atoms with van der Waals surface area (Å²) in [6.07, 6.45) is 3.77. The van der Waals surface area contributed by atoms with Gasteiger partial charge in [0.1, 0.15) is 11.1 Å². The first-order valence-corrected chi connectivity index (χ1v) is 7.99. The van der Waals surface area contributed by atoms with E-state index in [9.17, 15) is 4.79 Å². The molecule has 7 nitrogen and oxygen atoms in total. The fourth-order valence-corrected chi connectivity index (χ4v) is 3.03. The van der Waals surface area contributed by atoms with Crippen molar-refractivity contribution in [1.82, 2.24) is 20.1 Å². The first kappa shape index (κ1) is 16.7. The largest absolute Gasteiger partial charge is 0.480 e. The van der Waals surface area contributed by atoms with Gasteiger partial charge in [0, 0.05) is 31.1 Å². The third kappa shape index (κ3) is 3.09. The topological polar surface area (TPSA) is 78.3 Å². The number of pyridine rings is 1. The third-order valence-corrected chi connectivity index (χ3v) is 4.52. The minimum Gasteiger partial charge on any atom is -0.480 e. The molecule has 1 saturated heterocycles. The molecule has 3 heterocycles. The lowest BCUT2D eigenvalue weighted by molar-refractivity contribution is 0.0819. The van der Waals surface area contributed by atoms with Crippen molar-refractivity contribution in [1.29, 1.82) is 0 Å². The van der Waals surface area contributed by atoms with Crippen LogP contribution in [0.4, 0.5) is 0 Å². The summed E-state index contributed by atoms with van der Waals surface area (Å²) in [5.41, 5.74) is 2.40. The minimum atomic E-state index is -0.242. The van der Waals surface area contributed by atoms with Crippen molar-refractivity contribution in [3.63, 3.8) is 0 Å². The number of hydrogen-bond acceptors (Lipinski definition) is 5. The molecule has 0 unspecified atom stereocenters. The molecule has 0 spiro atoms. The maximum absolute atomic E-state index is 12.5. The molecule has 1 fully saturated rings. The van der Waals surface area contributed by atoms with Gasteiger partial charge in [0.05, 0.1) is 24.9 Å². The van der Waals surface area contributed by atoms with E-state index in [-0.39, 0.29) is 18.1 Å². The van der Waals surface area contributed by atoms with E-state index in [4.69, 9.17) is 21.1 Å². The molecule has 2 atom stereocenters. The Hall–Kier alpha value is -2.12. The Bertz CT molecular complexity index is 762. The van der Waals surface area contributed by atoms with Crippen molar-refractivity contribution in [2.45, 2.75) is 25.5 Å². The molecule has 1 N–H and O–H groups in total. The Morgan fingerprint density at radius 2 is 2.29 bits per heavy atom. The smallest absolute Gasteiger partial charge is 0.253 e. The molecule has 128 valence electrons. The zero-order valence-corrected chi connectivity index (χ0v) is 14.5. The van der Waals surface area contributed by atoms with E-state index in [1.165, 1.54) is 13.3 Å². The van der Waals surface area contributed by atoms with Crippen LogP contribution in [0.25, 0.3) is 0 Å². The normalized spacial score (nSPS) is 20.2. The van der Waals surface area contributed by atoms with Gasteiger partial charge >= 0.3 is 0 Å². The lowest BCUT2D eigenvalue weighted by atomic mass is 10.0. The van der Waals surface area contributed by atoms with Gasteiger partial charge in [-0.1, -0.05) is 11.6 Å². The number of carbonyl (C=O) groups is 1. The van der Waals surface area contributed by atoms with Gasteiger partial charge in [-0.3, -0.25) is 9.48 Å². The summed E-state index contributed by atoms with van der Waals surface area (Å²) in [6.45, 7) is 2.57. The maximum Gasteiger partial charge on any atom is 0.253 e. The monoisotopic (exact) mass is 350 g/mol. The van der Waals surface area contributed by atoms with Gasteiger partial charge in [0.25, 0.3) is 5.91 Å². The van der Waals surface area contributed by atoms with Crippen LogP contribution in [0, 0.1) is 6.92 Å². The molecule has 2 aromatic heterocycles. The Morgan fingerprint density at radius 1 is 1.50 bits per heavy atom. The van der Waals surface area contributed by atoms with E-state index < -0.39 is 0 Å². The number of aromatic nitrogens is 3. The Balaban J connectivity index is 1.76. The first-order valence-electron chi connectivity index (χ1n) is 7.61. The fourth-order valence-electron chi connectivity index (χ4n) is 2.79. The van der Waals surface area contributed by atoms with Crippen LogP contribution in [0.3, 0.4) is 0 Å². The molecule has 0 aromatic carbocycles. The second kappa shape index (κ2) is 6.78. The zero-order chi connectivity index (χ0) is 17.3. The fraction of sp³-hybridized carbons (Fsp3) is 0.438. The molecule has 3 rings (SSSR count). The van der Waals surface area contributed by atoms with Gasteiger partial charge in [-0.2, -0.15) is 5.10 Å². The second-order valence-electron chi connectivity index (χ2n) is 5.68. The van der Waals surface area contributed by atoms with Crippen molar-refractivity contribution < 1.29 is 14.3 Å². The van der Waals surface area contributed by atoms with Crippen LogP contribution in [0.5, 0.6) is 5.88 Å². The summed E-state index contributed by atoms with van der Waals surface area (Å²) in [4.78, 5) is 16.5. The molecule has 24 heavy (non-hydrogen) atoms. The third-order valence-electron chi connectivity index (χ3n) is 4.25. The lowest BCUT2D eigenvalue weighted by Gasteiger charge is -2.20. The summed E-state index contributed by atoms with van der Waals surface area (Å²) in [7, 11) is 3.36. The Morgan fingerprint density at radius 3 is 2.92 bits per heavy atom. The highest BCUT2D eigenvalue weighted by Crippen LogP contribution is 2.31. The van der Waals surface area contributed by atoms with Crippen LogP contribution in [0.15, 0.2) is 18.5 Å². The zero-order valence-electron chi connectivity index (χ0n) is 13.7. The summed E-state index contributed by atoms with van der Waals surface area (Å²) in [6, 6.07) is 1.42. The van der Waals surface area contributed by atoms with Crippen LogP contribution in [-0.4, -0.2) is 40.4 Å². The molecule has 0 radical (unpaired) electrons. The van der Waals surface area contributed by atoms with E-state index in [1.807, 2.05) is 14.0 Å². The SMILES string of the molecule is COc1ncc(C(=O)N[C@H]2CCO[C@@H]2c2cnn(C)c2C)cc1Cl. The molecule has 0 saturated carbocycles. The van der Waals surface area contributed by atoms with E-state index in [0.29, 0.717) is 23.1 Å². The summed E-state index contributed by atoms with van der Waals surface area (Å²) >= 11 is 6.04. The highest BCUT2D eigenvalue weighted by molar-refractivity contribution is 6.32. The number of ether oxygens (including phenoxy) is 2. The molecule has 0 bridgehead atoms. The van der Waals surface area contributed by atoms with Gasteiger partial charge in [-0.25, -0.2) is 4.98 Å². The van der Waals surface area contributed by atoms with Crippen LogP contribution >= 0.6 is 11.6 Å². The number of amides is 1. The van der Waals surface area contributed by atoms with E-state index in [2.05, 4.69) is 15.4 Å². The Labute approximate surface area is 144 Å². The van der Waals surface area contributed by atoms with E-state index in [1.54, 1.807) is 16.9 Å². The average molecular weight is 351 g/mol. The van der Waals surface area contributed by atoms with Crippen LogP contribution in [0.2, 0.25) is 5.02 Å². The molecule has 1 amide bonds. The van der Waals surface area contributed by atoms with Crippen molar-refractivity contribution in [3.05, 3.63) is 40.3 Å². The number of methoxy groups -OCH3 is 1. The van der Waals surface area contributed by atoms with Gasteiger partial charge in [-0.05, 0) is 19.4 Å². The number of carbonyl (C=O) groups excluding carboxylic acids is 1. The van der Waals surface area contributed by atoms with E-state index in [0.717, 1.165) is 17.7 Å². The minimum absolute atomic E-state index is 0.124. The predicted octanol–water partition coefficient (Wildman–Crippen LogP) is 2.05. The lowest BCUT2D eigenvalue weighted by Crippen LogP contribution is -2.37. The van der Waals surface area contributed by atoms with Crippen molar-refractivity contribution in [2.24, 2.45) is 7.05 Å². The highest BCUT2D eigenvalue weighted by Gasteiger charge is 2.33. The molecule has 8 heteroatoms. The summed E-state index contributed by atoms with van der Waals surface area (Å²) < 4.78 is 12.6. The van der Waals surface area contributed by atoms with Gasteiger partial charge in [-0.15, -0.1) is 0 Å². The van der Waals surface area contributed by atoms with Crippen LogP contribution in [0.1, 0.15) is 34.1 Å². The quantitative estimate of drug-likeness (QED) is 0.913. The molecule has 1 aliphatic heterocycles. The first-order chi connectivity index (χ1) is 11.5. The van der Waals surface area contributed by atoms with Crippen molar-refractivity contribution in [3.8, 4) is 5.88 Å². The second-order valence-corrected chi connectivity index (χ2v) is 6.09. The number of hydrogen-bond donors (Lipinski definition) is 1. The standard InChI is InChI=1S/C16H19ClN4O3/c1-9-11(8-19-21(9)2)14-13(4-5-24-14)20-15(22)10-6-12(17)16(23-3)18-7-10/h6-8,13-14H,4-5H2,1-3H3,(H,20,22)/t13-,14+/m0/s1. The number of rotatable bonds is 4. The van der Waals surface area contributed by atoms with Crippen LogP contribution < -0.4 is 10.1 Å². The Kier molecular flexibility index (Phi) is 4.73. The van der Waals surface area contributed by atoms with E-state index >= 15 is 0 Å². The van der Waals surface area contributed by atoms with Gasteiger partial charge < -0.3 is 14.8 Å².